The average Bonchev–Trinajstić information content (AvgIpc) is 3.16. The lowest BCUT2D eigenvalue weighted by molar-refractivity contribution is 0.0684. The van der Waals surface area contributed by atoms with E-state index in [1.807, 2.05) is 0 Å². The highest BCUT2D eigenvalue weighted by Crippen LogP contribution is 2.40. The zero-order valence-corrected chi connectivity index (χ0v) is 14.4. The van der Waals surface area contributed by atoms with Gasteiger partial charge in [-0.3, -0.25) is 0 Å². The molecule has 2 fully saturated rings. The third-order valence-electron chi connectivity index (χ3n) is 5.52. The number of hydrogen-bond donors (Lipinski definition) is 1. The van der Waals surface area contributed by atoms with Crippen molar-refractivity contribution in [3.05, 3.63) is 0 Å². The second-order valence-electron chi connectivity index (χ2n) is 8.17. The predicted octanol–water partition coefficient (Wildman–Crippen LogP) is 3.91. The molecule has 2 saturated carbocycles. The maximum atomic E-state index is 3.81. The maximum Gasteiger partial charge on any atom is 0.0159 e. The standard InChI is InChI=1S/C18H36N2/c1-6-19-17-16(8-7-11-18(17,4)5)13-20(14(2)3)12-15-9-10-15/h14-17,19H,6-13H2,1-5H3. The molecule has 1 N–H and O–H groups in total. The normalized spacial score (nSPS) is 30.1. The van der Waals surface area contributed by atoms with Gasteiger partial charge in [-0.1, -0.05) is 27.2 Å². The first-order chi connectivity index (χ1) is 9.44. The molecule has 0 aliphatic heterocycles. The van der Waals surface area contributed by atoms with Crippen LogP contribution in [0.4, 0.5) is 0 Å². The SMILES string of the molecule is CCNC1C(CN(CC2CC2)C(C)C)CCCC1(C)C. The van der Waals surface area contributed by atoms with Crippen molar-refractivity contribution in [2.45, 2.75) is 78.8 Å². The van der Waals surface area contributed by atoms with E-state index in [1.165, 1.54) is 45.2 Å². The van der Waals surface area contributed by atoms with Gasteiger partial charge in [-0.25, -0.2) is 0 Å². The second-order valence-corrected chi connectivity index (χ2v) is 8.17. The van der Waals surface area contributed by atoms with Gasteiger partial charge in [0.2, 0.25) is 0 Å². The molecule has 2 atom stereocenters. The molecule has 0 aromatic rings. The quantitative estimate of drug-likeness (QED) is 0.760. The highest BCUT2D eigenvalue weighted by molar-refractivity contribution is 4.95. The Morgan fingerprint density at radius 3 is 2.40 bits per heavy atom. The molecule has 0 saturated heterocycles. The molecule has 2 nitrogen and oxygen atoms in total. The Morgan fingerprint density at radius 1 is 1.15 bits per heavy atom. The lowest BCUT2D eigenvalue weighted by Gasteiger charge is -2.46. The number of rotatable bonds is 7. The van der Waals surface area contributed by atoms with E-state index in [9.17, 15) is 0 Å². The van der Waals surface area contributed by atoms with Crippen molar-refractivity contribution in [3.8, 4) is 0 Å². The fourth-order valence-corrected chi connectivity index (χ4v) is 4.07. The molecule has 2 heteroatoms. The summed E-state index contributed by atoms with van der Waals surface area (Å²) in [5.41, 5.74) is 0.459. The van der Waals surface area contributed by atoms with E-state index in [0.29, 0.717) is 17.5 Å². The zero-order chi connectivity index (χ0) is 14.8. The van der Waals surface area contributed by atoms with Gasteiger partial charge < -0.3 is 10.2 Å². The van der Waals surface area contributed by atoms with Gasteiger partial charge in [0.1, 0.15) is 0 Å². The molecule has 2 aliphatic carbocycles. The van der Waals surface area contributed by atoms with Crippen LogP contribution in [0.1, 0.15) is 66.7 Å². The van der Waals surface area contributed by atoms with Crippen molar-refractivity contribution in [2.24, 2.45) is 17.3 Å². The lowest BCUT2D eigenvalue weighted by atomic mass is 9.67. The van der Waals surface area contributed by atoms with Crippen molar-refractivity contribution in [3.63, 3.8) is 0 Å². The Labute approximate surface area is 126 Å². The first-order valence-corrected chi connectivity index (χ1v) is 8.91. The number of hydrogen-bond acceptors (Lipinski definition) is 2. The van der Waals surface area contributed by atoms with E-state index in [0.717, 1.165) is 18.4 Å². The summed E-state index contributed by atoms with van der Waals surface area (Å²) in [6.07, 6.45) is 7.14. The van der Waals surface area contributed by atoms with Crippen molar-refractivity contribution < 1.29 is 0 Å². The lowest BCUT2D eigenvalue weighted by Crippen LogP contribution is -2.53. The van der Waals surface area contributed by atoms with Crippen molar-refractivity contribution in [1.29, 1.82) is 0 Å². The Bertz CT molecular complexity index is 294. The Kier molecular flexibility index (Phi) is 5.53. The fourth-order valence-electron chi connectivity index (χ4n) is 4.07. The summed E-state index contributed by atoms with van der Waals surface area (Å²) in [6.45, 7) is 15.7. The summed E-state index contributed by atoms with van der Waals surface area (Å²) in [5, 5.41) is 3.81. The van der Waals surface area contributed by atoms with E-state index in [1.54, 1.807) is 0 Å². The Morgan fingerprint density at radius 2 is 1.85 bits per heavy atom. The van der Waals surface area contributed by atoms with Crippen LogP contribution in [-0.4, -0.2) is 36.6 Å². The molecule has 0 bridgehead atoms. The zero-order valence-electron chi connectivity index (χ0n) is 14.4. The van der Waals surface area contributed by atoms with Crippen molar-refractivity contribution in [1.82, 2.24) is 10.2 Å². The first-order valence-electron chi connectivity index (χ1n) is 8.91. The fraction of sp³-hybridized carbons (Fsp3) is 1.00. The first kappa shape index (κ1) is 16.3. The minimum absolute atomic E-state index is 0.459. The summed E-state index contributed by atoms with van der Waals surface area (Å²) in [4.78, 5) is 2.76. The van der Waals surface area contributed by atoms with Crippen LogP contribution in [0.25, 0.3) is 0 Å². The molecule has 0 spiro atoms. The van der Waals surface area contributed by atoms with Gasteiger partial charge in [-0.2, -0.15) is 0 Å². The van der Waals surface area contributed by atoms with Crippen LogP contribution in [0.2, 0.25) is 0 Å². The summed E-state index contributed by atoms with van der Waals surface area (Å²) >= 11 is 0. The maximum absolute atomic E-state index is 3.81. The van der Waals surface area contributed by atoms with E-state index >= 15 is 0 Å². The molecule has 0 amide bonds. The molecule has 0 heterocycles. The number of nitrogens with one attached hydrogen (secondary N) is 1. The van der Waals surface area contributed by atoms with Gasteiger partial charge in [0, 0.05) is 25.2 Å². The molecule has 20 heavy (non-hydrogen) atoms. The van der Waals surface area contributed by atoms with Crippen molar-refractivity contribution >= 4 is 0 Å². The van der Waals surface area contributed by atoms with Gasteiger partial charge in [0.15, 0.2) is 0 Å². The molecule has 2 rings (SSSR count). The minimum atomic E-state index is 0.459. The van der Waals surface area contributed by atoms with Crippen LogP contribution < -0.4 is 5.32 Å². The smallest absolute Gasteiger partial charge is 0.0159 e. The largest absolute Gasteiger partial charge is 0.313 e. The van der Waals surface area contributed by atoms with Crippen LogP contribution in [0.15, 0.2) is 0 Å². The van der Waals surface area contributed by atoms with E-state index in [2.05, 4.69) is 44.8 Å². The predicted molar refractivity (Wildman–Crippen MR) is 88.0 cm³/mol. The third-order valence-corrected chi connectivity index (χ3v) is 5.52. The summed E-state index contributed by atoms with van der Waals surface area (Å²) in [7, 11) is 0. The van der Waals surface area contributed by atoms with Gasteiger partial charge in [-0.05, 0) is 63.3 Å². The average molecular weight is 280 g/mol. The second kappa shape index (κ2) is 6.79. The molecule has 0 radical (unpaired) electrons. The van der Waals surface area contributed by atoms with Crippen LogP contribution in [0, 0.1) is 17.3 Å². The molecule has 0 aromatic heterocycles. The molecular weight excluding hydrogens is 244 g/mol. The summed E-state index contributed by atoms with van der Waals surface area (Å²) in [5.74, 6) is 1.84. The van der Waals surface area contributed by atoms with E-state index in [4.69, 9.17) is 0 Å². The third kappa shape index (κ3) is 4.21. The van der Waals surface area contributed by atoms with Gasteiger partial charge in [0.25, 0.3) is 0 Å². The molecule has 2 aliphatic rings. The minimum Gasteiger partial charge on any atom is -0.313 e. The molecular formula is C18H36N2. The van der Waals surface area contributed by atoms with Crippen LogP contribution >= 0.6 is 0 Å². The van der Waals surface area contributed by atoms with Crippen molar-refractivity contribution in [2.75, 3.05) is 19.6 Å². The van der Waals surface area contributed by atoms with Crippen LogP contribution in [0.3, 0.4) is 0 Å². The highest BCUT2D eigenvalue weighted by Gasteiger charge is 2.39. The van der Waals surface area contributed by atoms with E-state index < -0.39 is 0 Å². The number of nitrogens with zero attached hydrogens (tertiary/aromatic N) is 1. The summed E-state index contributed by atoms with van der Waals surface area (Å²) < 4.78 is 0. The monoisotopic (exact) mass is 280 g/mol. The van der Waals surface area contributed by atoms with Crippen LogP contribution in [-0.2, 0) is 0 Å². The molecule has 0 aromatic carbocycles. The van der Waals surface area contributed by atoms with Crippen LogP contribution in [0.5, 0.6) is 0 Å². The van der Waals surface area contributed by atoms with Gasteiger partial charge in [0.05, 0.1) is 0 Å². The van der Waals surface area contributed by atoms with Gasteiger partial charge in [-0.15, -0.1) is 0 Å². The Balaban J connectivity index is 1.99. The highest BCUT2D eigenvalue weighted by atomic mass is 15.2. The summed E-state index contributed by atoms with van der Waals surface area (Å²) in [6, 6.07) is 1.39. The Hall–Kier alpha value is -0.0800. The molecule has 2 unspecified atom stereocenters. The molecule has 118 valence electrons. The topological polar surface area (TPSA) is 15.3 Å². The van der Waals surface area contributed by atoms with E-state index in [-0.39, 0.29) is 0 Å². The van der Waals surface area contributed by atoms with Gasteiger partial charge >= 0.3 is 0 Å².